The Balaban J connectivity index is 2.40. The number of nitrogens with zero attached hydrogens (tertiary/aromatic N) is 1. The summed E-state index contributed by atoms with van der Waals surface area (Å²) >= 11 is 0. The molecule has 4 nitrogen and oxygen atoms in total. The number of likely N-dealkylation sites (tertiary alicyclic amines) is 1. The number of hydrogen-bond acceptors (Lipinski definition) is 3. The summed E-state index contributed by atoms with van der Waals surface area (Å²) in [6, 6.07) is 0.0792. The van der Waals surface area contributed by atoms with Gasteiger partial charge in [0.1, 0.15) is 0 Å². The third kappa shape index (κ3) is 5.04. The highest BCUT2D eigenvalue weighted by Gasteiger charge is 2.27. The molecule has 1 amide bonds. The highest BCUT2D eigenvalue weighted by Crippen LogP contribution is 2.16. The first-order valence-electron chi connectivity index (χ1n) is 6.65. The predicted molar refractivity (Wildman–Crippen MR) is 71.0 cm³/mol. The topological polar surface area (TPSA) is 44.4 Å². The quantitative estimate of drug-likeness (QED) is 0.771. The van der Waals surface area contributed by atoms with Gasteiger partial charge < -0.3 is 10.6 Å². The van der Waals surface area contributed by atoms with E-state index in [4.69, 9.17) is 0 Å². The Bertz CT molecular complexity index is 248. The third-order valence-electron chi connectivity index (χ3n) is 3.22. The van der Waals surface area contributed by atoms with Crippen molar-refractivity contribution in [1.82, 2.24) is 15.5 Å². The molecule has 1 aliphatic heterocycles. The molecule has 4 heteroatoms. The van der Waals surface area contributed by atoms with E-state index < -0.39 is 0 Å². The lowest BCUT2D eigenvalue weighted by atomic mass is 10.0. The smallest absolute Gasteiger partial charge is 0.237 e. The van der Waals surface area contributed by atoms with E-state index in [1.54, 1.807) is 7.05 Å². The van der Waals surface area contributed by atoms with E-state index in [9.17, 15) is 4.79 Å². The van der Waals surface area contributed by atoms with Crippen LogP contribution in [0.3, 0.4) is 0 Å². The van der Waals surface area contributed by atoms with E-state index in [0.717, 1.165) is 26.1 Å². The van der Waals surface area contributed by atoms with Crippen molar-refractivity contribution in [3.05, 3.63) is 0 Å². The minimum atomic E-state index is 0.0792. The molecule has 1 heterocycles. The monoisotopic (exact) mass is 241 g/mol. The van der Waals surface area contributed by atoms with Crippen LogP contribution in [-0.2, 0) is 4.79 Å². The summed E-state index contributed by atoms with van der Waals surface area (Å²) < 4.78 is 0. The van der Waals surface area contributed by atoms with Crippen LogP contribution in [0.1, 0.15) is 40.0 Å². The average molecular weight is 241 g/mol. The maximum absolute atomic E-state index is 11.8. The Morgan fingerprint density at radius 3 is 2.65 bits per heavy atom. The molecular weight excluding hydrogens is 214 g/mol. The molecule has 0 aromatic carbocycles. The fraction of sp³-hybridized carbons (Fsp3) is 0.923. The van der Waals surface area contributed by atoms with Gasteiger partial charge in [0.2, 0.25) is 5.91 Å². The molecule has 1 unspecified atom stereocenters. The summed E-state index contributed by atoms with van der Waals surface area (Å²) in [5.41, 5.74) is 0.151. The maximum atomic E-state index is 11.8. The summed E-state index contributed by atoms with van der Waals surface area (Å²) in [5, 5.41) is 6.24. The van der Waals surface area contributed by atoms with Crippen LogP contribution in [0.2, 0.25) is 0 Å². The van der Waals surface area contributed by atoms with E-state index in [0.29, 0.717) is 0 Å². The largest absolute Gasteiger partial charge is 0.358 e. The Hall–Kier alpha value is -0.610. The van der Waals surface area contributed by atoms with E-state index in [2.05, 4.69) is 36.3 Å². The lowest BCUT2D eigenvalue weighted by Crippen LogP contribution is -2.51. The van der Waals surface area contributed by atoms with Crippen LogP contribution in [0.4, 0.5) is 0 Å². The number of nitrogens with one attached hydrogen (secondary N) is 2. The lowest BCUT2D eigenvalue weighted by molar-refractivity contribution is -0.127. The number of piperidine rings is 1. The van der Waals surface area contributed by atoms with Crippen molar-refractivity contribution in [2.45, 2.75) is 51.6 Å². The molecule has 1 saturated heterocycles. The minimum Gasteiger partial charge on any atom is -0.358 e. The van der Waals surface area contributed by atoms with Gasteiger partial charge in [-0.25, -0.2) is 0 Å². The standard InChI is InChI=1S/C13H27N3O/c1-13(2,3)15-8-10-16-9-6-5-7-11(16)12(17)14-4/h11,15H,5-10H2,1-4H3,(H,14,17). The second kappa shape index (κ2) is 6.36. The average Bonchev–Trinajstić information content (AvgIpc) is 2.27. The predicted octanol–water partition coefficient (Wildman–Crippen LogP) is 0.975. The number of likely N-dealkylation sites (N-methyl/N-ethyl adjacent to an activating group) is 1. The van der Waals surface area contributed by atoms with Gasteiger partial charge in [-0.1, -0.05) is 6.42 Å². The Morgan fingerprint density at radius 1 is 1.35 bits per heavy atom. The van der Waals surface area contributed by atoms with E-state index in [1.807, 2.05) is 0 Å². The van der Waals surface area contributed by atoms with E-state index in [-0.39, 0.29) is 17.5 Å². The molecule has 0 saturated carbocycles. The molecule has 17 heavy (non-hydrogen) atoms. The summed E-state index contributed by atoms with van der Waals surface area (Å²) in [7, 11) is 1.72. The first kappa shape index (κ1) is 14.5. The summed E-state index contributed by atoms with van der Waals surface area (Å²) in [5.74, 6) is 0.167. The van der Waals surface area contributed by atoms with Gasteiger partial charge >= 0.3 is 0 Å². The zero-order valence-corrected chi connectivity index (χ0v) is 11.7. The van der Waals surface area contributed by atoms with Crippen LogP contribution in [0, 0.1) is 0 Å². The van der Waals surface area contributed by atoms with Crippen molar-refractivity contribution >= 4 is 5.91 Å². The van der Waals surface area contributed by atoms with Gasteiger partial charge in [-0.15, -0.1) is 0 Å². The molecule has 0 aliphatic carbocycles. The maximum Gasteiger partial charge on any atom is 0.237 e. The van der Waals surface area contributed by atoms with Crippen LogP contribution in [-0.4, -0.2) is 49.1 Å². The normalized spacial score (nSPS) is 22.5. The van der Waals surface area contributed by atoms with Crippen molar-refractivity contribution in [1.29, 1.82) is 0 Å². The van der Waals surface area contributed by atoms with Gasteiger partial charge in [0, 0.05) is 25.7 Å². The SMILES string of the molecule is CNC(=O)C1CCCCN1CCNC(C)(C)C. The van der Waals surface area contributed by atoms with Gasteiger partial charge in [0.25, 0.3) is 0 Å². The molecule has 0 bridgehead atoms. The van der Waals surface area contributed by atoms with Crippen molar-refractivity contribution in [3.63, 3.8) is 0 Å². The van der Waals surface area contributed by atoms with Gasteiger partial charge in [-0.05, 0) is 40.2 Å². The van der Waals surface area contributed by atoms with Crippen LogP contribution >= 0.6 is 0 Å². The fourth-order valence-corrected chi connectivity index (χ4v) is 2.30. The highest BCUT2D eigenvalue weighted by atomic mass is 16.2. The van der Waals surface area contributed by atoms with Crippen molar-refractivity contribution in [2.24, 2.45) is 0 Å². The minimum absolute atomic E-state index is 0.0792. The molecule has 1 aliphatic rings. The van der Waals surface area contributed by atoms with E-state index >= 15 is 0 Å². The van der Waals surface area contributed by atoms with Crippen LogP contribution < -0.4 is 10.6 Å². The lowest BCUT2D eigenvalue weighted by Gasteiger charge is -2.35. The van der Waals surface area contributed by atoms with Crippen LogP contribution in [0.15, 0.2) is 0 Å². The van der Waals surface area contributed by atoms with E-state index in [1.165, 1.54) is 12.8 Å². The van der Waals surface area contributed by atoms with Crippen LogP contribution in [0.25, 0.3) is 0 Å². The van der Waals surface area contributed by atoms with Gasteiger partial charge in [0.05, 0.1) is 6.04 Å². The molecule has 0 aromatic rings. The van der Waals surface area contributed by atoms with Crippen LogP contribution in [0.5, 0.6) is 0 Å². The van der Waals surface area contributed by atoms with Crippen molar-refractivity contribution in [3.8, 4) is 0 Å². The van der Waals surface area contributed by atoms with Gasteiger partial charge in [0.15, 0.2) is 0 Å². The van der Waals surface area contributed by atoms with Gasteiger partial charge in [-0.2, -0.15) is 0 Å². The summed E-state index contributed by atoms with van der Waals surface area (Å²) in [6.07, 6.45) is 3.37. The number of carbonyl (C=O) groups is 1. The Kier molecular flexibility index (Phi) is 5.40. The highest BCUT2D eigenvalue weighted by molar-refractivity contribution is 5.81. The Labute approximate surface area is 105 Å². The second-order valence-electron chi connectivity index (χ2n) is 5.84. The number of carbonyl (C=O) groups excluding carboxylic acids is 1. The van der Waals surface area contributed by atoms with Crippen molar-refractivity contribution < 1.29 is 4.79 Å². The molecule has 100 valence electrons. The molecule has 0 radical (unpaired) electrons. The molecule has 1 fully saturated rings. The van der Waals surface area contributed by atoms with Crippen molar-refractivity contribution in [2.75, 3.05) is 26.7 Å². The molecule has 2 N–H and O–H groups in total. The molecule has 0 spiro atoms. The molecule has 1 atom stereocenters. The fourth-order valence-electron chi connectivity index (χ4n) is 2.30. The Morgan fingerprint density at radius 2 is 2.06 bits per heavy atom. The zero-order valence-electron chi connectivity index (χ0n) is 11.7. The number of hydrogen-bond donors (Lipinski definition) is 2. The molecular formula is C13H27N3O. The summed E-state index contributed by atoms with van der Waals surface area (Å²) in [4.78, 5) is 14.1. The second-order valence-corrected chi connectivity index (χ2v) is 5.84. The molecule has 0 aromatic heterocycles. The number of amides is 1. The van der Waals surface area contributed by atoms with Gasteiger partial charge in [-0.3, -0.25) is 9.69 Å². The zero-order chi connectivity index (χ0) is 12.9. The first-order valence-corrected chi connectivity index (χ1v) is 6.65. The third-order valence-corrected chi connectivity index (χ3v) is 3.22. The first-order chi connectivity index (χ1) is 7.94. The number of rotatable bonds is 4. The summed E-state index contributed by atoms with van der Waals surface area (Å²) in [6.45, 7) is 9.44. The molecule has 1 rings (SSSR count).